The summed E-state index contributed by atoms with van der Waals surface area (Å²) in [5, 5.41) is 10.1. The molecular weight excluding hydrogens is 316 g/mol. The van der Waals surface area contributed by atoms with E-state index in [1.807, 2.05) is 50.2 Å². The van der Waals surface area contributed by atoms with Gasteiger partial charge < -0.3 is 15.2 Å². The van der Waals surface area contributed by atoms with Gasteiger partial charge in [-0.3, -0.25) is 9.78 Å². The van der Waals surface area contributed by atoms with Gasteiger partial charge in [-0.1, -0.05) is 35.5 Å². The second-order valence-electron chi connectivity index (χ2n) is 5.75. The van der Waals surface area contributed by atoms with Gasteiger partial charge in [0.2, 0.25) is 0 Å². The van der Waals surface area contributed by atoms with Crippen LogP contribution in [-0.4, -0.2) is 16.0 Å². The fraction of sp³-hybridized carbons (Fsp3) is 0.211. The summed E-state index contributed by atoms with van der Waals surface area (Å²) in [6.07, 6.45) is 1.62. The molecular formula is C19H20N4O2. The maximum atomic E-state index is 12.3. The SMILES string of the molecule is Cc1noc(C)c1CNc1ccnc(C(=O)NCc2ccccc2)c1. The fourth-order valence-electron chi connectivity index (χ4n) is 2.48. The summed E-state index contributed by atoms with van der Waals surface area (Å²) in [6, 6.07) is 13.3. The number of carbonyl (C=O) groups is 1. The maximum absolute atomic E-state index is 12.3. The summed E-state index contributed by atoms with van der Waals surface area (Å²) in [5.74, 6) is 0.588. The van der Waals surface area contributed by atoms with E-state index in [9.17, 15) is 4.79 Å². The van der Waals surface area contributed by atoms with Crippen LogP contribution in [0.5, 0.6) is 0 Å². The maximum Gasteiger partial charge on any atom is 0.270 e. The van der Waals surface area contributed by atoms with Gasteiger partial charge in [-0.25, -0.2) is 0 Å². The van der Waals surface area contributed by atoms with E-state index in [0.29, 0.717) is 18.8 Å². The lowest BCUT2D eigenvalue weighted by atomic mass is 10.2. The number of nitrogens with one attached hydrogen (secondary N) is 2. The van der Waals surface area contributed by atoms with Crippen molar-refractivity contribution in [2.75, 3.05) is 5.32 Å². The normalized spacial score (nSPS) is 10.5. The molecule has 0 aliphatic carbocycles. The summed E-state index contributed by atoms with van der Waals surface area (Å²) in [7, 11) is 0. The predicted octanol–water partition coefficient (Wildman–Crippen LogP) is 3.23. The van der Waals surface area contributed by atoms with Crippen LogP contribution in [0.25, 0.3) is 0 Å². The standard InChI is InChI=1S/C19H20N4O2/c1-13-17(14(2)25-23-13)12-21-16-8-9-20-18(10-16)19(24)22-11-15-6-4-3-5-7-15/h3-10H,11-12H2,1-2H3,(H,20,21)(H,22,24). The van der Waals surface area contributed by atoms with Crippen LogP contribution in [0.15, 0.2) is 53.2 Å². The van der Waals surface area contributed by atoms with E-state index in [1.54, 1.807) is 12.3 Å². The van der Waals surface area contributed by atoms with Crippen LogP contribution in [0, 0.1) is 13.8 Å². The van der Waals surface area contributed by atoms with Crippen LogP contribution >= 0.6 is 0 Å². The number of pyridine rings is 1. The molecule has 1 amide bonds. The monoisotopic (exact) mass is 336 g/mol. The largest absolute Gasteiger partial charge is 0.381 e. The van der Waals surface area contributed by atoms with E-state index in [1.165, 1.54) is 0 Å². The summed E-state index contributed by atoms with van der Waals surface area (Å²) in [5.41, 5.74) is 4.12. The third-order valence-electron chi connectivity index (χ3n) is 3.94. The zero-order valence-corrected chi connectivity index (χ0v) is 14.2. The van der Waals surface area contributed by atoms with Crippen molar-refractivity contribution in [2.45, 2.75) is 26.9 Å². The van der Waals surface area contributed by atoms with E-state index >= 15 is 0 Å². The highest BCUT2D eigenvalue weighted by Gasteiger charge is 2.10. The predicted molar refractivity (Wildman–Crippen MR) is 95.2 cm³/mol. The van der Waals surface area contributed by atoms with E-state index in [2.05, 4.69) is 20.8 Å². The Labute approximate surface area is 146 Å². The quantitative estimate of drug-likeness (QED) is 0.722. The summed E-state index contributed by atoms with van der Waals surface area (Å²) < 4.78 is 5.15. The van der Waals surface area contributed by atoms with Crippen LogP contribution in [0.4, 0.5) is 5.69 Å². The third kappa shape index (κ3) is 4.23. The minimum absolute atomic E-state index is 0.204. The minimum Gasteiger partial charge on any atom is -0.381 e. The van der Waals surface area contributed by atoms with Crippen LogP contribution in [-0.2, 0) is 13.1 Å². The van der Waals surface area contributed by atoms with Crippen molar-refractivity contribution in [3.05, 3.63) is 76.9 Å². The molecule has 0 spiro atoms. The Bertz CT molecular complexity index is 839. The molecule has 0 aliphatic rings. The molecule has 0 unspecified atom stereocenters. The average molecular weight is 336 g/mol. The number of rotatable bonds is 6. The van der Waals surface area contributed by atoms with Crippen molar-refractivity contribution in [3.63, 3.8) is 0 Å². The van der Waals surface area contributed by atoms with Crippen molar-refractivity contribution in [1.82, 2.24) is 15.5 Å². The summed E-state index contributed by atoms with van der Waals surface area (Å²) in [6.45, 7) is 4.84. The van der Waals surface area contributed by atoms with Gasteiger partial charge in [-0.05, 0) is 31.5 Å². The molecule has 2 N–H and O–H groups in total. The number of amides is 1. The van der Waals surface area contributed by atoms with E-state index in [0.717, 1.165) is 28.3 Å². The number of benzene rings is 1. The molecule has 1 aromatic carbocycles. The highest BCUT2D eigenvalue weighted by atomic mass is 16.5. The van der Waals surface area contributed by atoms with Gasteiger partial charge in [0.05, 0.1) is 5.69 Å². The van der Waals surface area contributed by atoms with Gasteiger partial charge in [0.25, 0.3) is 5.91 Å². The Morgan fingerprint density at radius 2 is 1.92 bits per heavy atom. The molecule has 0 radical (unpaired) electrons. The molecule has 3 aromatic rings. The number of anilines is 1. The average Bonchev–Trinajstić information content (AvgIpc) is 2.97. The molecule has 3 rings (SSSR count). The van der Waals surface area contributed by atoms with E-state index in [4.69, 9.17) is 4.52 Å². The zero-order valence-electron chi connectivity index (χ0n) is 14.2. The smallest absolute Gasteiger partial charge is 0.270 e. The first-order valence-electron chi connectivity index (χ1n) is 8.07. The third-order valence-corrected chi connectivity index (χ3v) is 3.94. The Balaban J connectivity index is 1.61. The Morgan fingerprint density at radius 3 is 2.64 bits per heavy atom. The van der Waals surface area contributed by atoms with Crippen molar-refractivity contribution in [3.8, 4) is 0 Å². The summed E-state index contributed by atoms with van der Waals surface area (Å²) >= 11 is 0. The molecule has 6 heteroatoms. The topological polar surface area (TPSA) is 80.1 Å². The summed E-state index contributed by atoms with van der Waals surface area (Å²) in [4.78, 5) is 16.4. The first-order chi connectivity index (χ1) is 12.1. The molecule has 0 atom stereocenters. The zero-order chi connectivity index (χ0) is 17.6. The number of aromatic nitrogens is 2. The molecule has 128 valence electrons. The fourth-order valence-corrected chi connectivity index (χ4v) is 2.48. The van der Waals surface area contributed by atoms with Crippen LogP contribution in [0.2, 0.25) is 0 Å². The van der Waals surface area contributed by atoms with Gasteiger partial charge in [0, 0.05) is 30.5 Å². The molecule has 0 saturated heterocycles. The van der Waals surface area contributed by atoms with E-state index < -0.39 is 0 Å². The van der Waals surface area contributed by atoms with Gasteiger partial charge in [0.1, 0.15) is 11.5 Å². The Morgan fingerprint density at radius 1 is 1.12 bits per heavy atom. The lowest BCUT2D eigenvalue weighted by molar-refractivity contribution is 0.0946. The number of hydrogen-bond acceptors (Lipinski definition) is 5. The van der Waals surface area contributed by atoms with Crippen molar-refractivity contribution >= 4 is 11.6 Å². The Kier molecular flexibility index (Phi) is 5.09. The number of nitrogens with zero attached hydrogens (tertiary/aromatic N) is 2. The highest BCUT2D eigenvalue weighted by Crippen LogP contribution is 2.15. The molecule has 6 nitrogen and oxygen atoms in total. The molecule has 0 fully saturated rings. The van der Waals surface area contributed by atoms with Gasteiger partial charge in [-0.2, -0.15) is 0 Å². The van der Waals surface area contributed by atoms with Crippen LogP contribution in [0.1, 0.15) is 33.1 Å². The molecule has 25 heavy (non-hydrogen) atoms. The van der Waals surface area contributed by atoms with Gasteiger partial charge in [-0.15, -0.1) is 0 Å². The Hall–Kier alpha value is -3.15. The first-order valence-corrected chi connectivity index (χ1v) is 8.07. The second-order valence-corrected chi connectivity index (χ2v) is 5.75. The van der Waals surface area contributed by atoms with Gasteiger partial charge >= 0.3 is 0 Å². The number of carbonyl (C=O) groups excluding carboxylic acids is 1. The molecule has 0 saturated carbocycles. The van der Waals surface area contributed by atoms with Crippen LogP contribution in [0.3, 0.4) is 0 Å². The molecule has 2 aromatic heterocycles. The van der Waals surface area contributed by atoms with Crippen LogP contribution < -0.4 is 10.6 Å². The van der Waals surface area contributed by atoms with Crippen molar-refractivity contribution < 1.29 is 9.32 Å². The molecule has 0 aliphatic heterocycles. The first kappa shape index (κ1) is 16.7. The highest BCUT2D eigenvalue weighted by molar-refractivity contribution is 5.93. The molecule has 0 bridgehead atoms. The number of aryl methyl sites for hydroxylation is 2. The molecule has 2 heterocycles. The van der Waals surface area contributed by atoms with E-state index in [-0.39, 0.29) is 5.91 Å². The number of hydrogen-bond donors (Lipinski definition) is 2. The lowest BCUT2D eigenvalue weighted by Gasteiger charge is -2.08. The minimum atomic E-state index is -0.204. The van der Waals surface area contributed by atoms with Crippen molar-refractivity contribution in [1.29, 1.82) is 0 Å². The van der Waals surface area contributed by atoms with Gasteiger partial charge in [0.15, 0.2) is 0 Å². The second kappa shape index (κ2) is 7.61. The lowest BCUT2D eigenvalue weighted by Crippen LogP contribution is -2.23. The van der Waals surface area contributed by atoms with Crippen molar-refractivity contribution in [2.24, 2.45) is 0 Å².